The molecule has 3 aromatic rings. The maximum atomic E-state index is 13.8. The van der Waals surface area contributed by atoms with Crippen molar-refractivity contribution in [1.82, 2.24) is 0 Å². The first-order valence-corrected chi connectivity index (χ1v) is 8.13. The zero-order chi connectivity index (χ0) is 18.8. The Morgan fingerprint density at radius 2 is 1.65 bits per heavy atom. The molecule has 2 N–H and O–H groups in total. The molecular formula is C18H10F3NO3S. The van der Waals surface area contributed by atoms with E-state index in [-0.39, 0.29) is 10.6 Å². The maximum Gasteiger partial charge on any atom is 0.339 e. The summed E-state index contributed by atoms with van der Waals surface area (Å²) in [5.41, 5.74) is 0.109. The van der Waals surface area contributed by atoms with Crippen molar-refractivity contribution in [3.63, 3.8) is 0 Å². The van der Waals surface area contributed by atoms with Crippen LogP contribution in [0.1, 0.15) is 20.7 Å². The van der Waals surface area contributed by atoms with Crippen molar-refractivity contribution in [2.75, 3.05) is 5.32 Å². The fourth-order valence-corrected chi connectivity index (χ4v) is 3.32. The lowest BCUT2D eigenvalue weighted by Gasteiger charge is -2.07. The molecule has 8 heteroatoms. The number of carboxylic acid groups (broad SMARTS) is 1. The summed E-state index contributed by atoms with van der Waals surface area (Å²) < 4.78 is 40.0. The smallest absolute Gasteiger partial charge is 0.339 e. The number of carbonyl (C=O) groups excluding carboxylic acids is 1. The van der Waals surface area contributed by atoms with Crippen LogP contribution >= 0.6 is 11.3 Å². The Balaban J connectivity index is 1.98. The fraction of sp³-hybridized carbons (Fsp3) is 0. The predicted molar refractivity (Wildman–Crippen MR) is 91.0 cm³/mol. The number of rotatable bonds is 4. The Labute approximate surface area is 149 Å². The van der Waals surface area contributed by atoms with E-state index in [0.29, 0.717) is 17.2 Å². The molecule has 0 aliphatic rings. The summed E-state index contributed by atoms with van der Waals surface area (Å²) in [7, 11) is 0. The Morgan fingerprint density at radius 1 is 0.962 bits per heavy atom. The number of amides is 1. The van der Waals surface area contributed by atoms with Crippen LogP contribution in [0.4, 0.5) is 18.2 Å². The molecule has 26 heavy (non-hydrogen) atoms. The lowest BCUT2D eigenvalue weighted by atomic mass is 10.0. The summed E-state index contributed by atoms with van der Waals surface area (Å²) >= 11 is 0.932. The van der Waals surface area contributed by atoms with E-state index in [0.717, 1.165) is 17.4 Å². The van der Waals surface area contributed by atoms with Crippen LogP contribution in [0.3, 0.4) is 0 Å². The summed E-state index contributed by atoms with van der Waals surface area (Å²) in [6.07, 6.45) is 0. The molecular weight excluding hydrogens is 367 g/mol. The van der Waals surface area contributed by atoms with Crippen LogP contribution in [0.5, 0.6) is 0 Å². The van der Waals surface area contributed by atoms with E-state index >= 15 is 0 Å². The molecule has 4 nitrogen and oxygen atoms in total. The number of aromatic carboxylic acids is 1. The van der Waals surface area contributed by atoms with Crippen LogP contribution in [0.25, 0.3) is 11.1 Å². The van der Waals surface area contributed by atoms with Crippen molar-refractivity contribution in [2.45, 2.75) is 0 Å². The third-order valence-electron chi connectivity index (χ3n) is 3.60. The van der Waals surface area contributed by atoms with E-state index in [4.69, 9.17) is 0 Å². The van der Waals surface area contributed by atoms with Gasteiger partial charge in [0.15, 0.2) is 17.5 Å². The molecule has 0 atom stereocenters. The van der Waals surface area contributed by atoms with Gasteiger partial charge in [-0.25, -0.2) is 18.0 Å². The van der Waals surface area contributed by atoms with E-state index in [9.17, 15) is 27.9 Å². The van der Waals surface area contributed by atoms with Crippen LogP contribution < -0.4 is 5.32 Å². The summed E-state index contributed by atoms with van der Waals surface area (Å²) in [5, 5.41) is 13.2. The molecule has 0 radical (unpaired) electrons. The quantitative estimate of drug-likeness (QED) is 0.643. The summed E-state index contributed by atoms with van der Waals surface area (Å²) in [4.78, 5) is 23.8. The standard InChI is InChI=1S/C18H10F3NO3S/c19-12-7-6-10(14(20)15(12)21)16(23)22-17-13(18(24)25)11(8-26-17)9-4-2-1-3-5-9/h1-8H,(H,22,23)(H,24,25). The molecule has 0 unspecified atom stereocenters. The second kappa shape index (κ2) is 7.01. The maximum absolute atomic E-state index is 13.8. The number of nitrogens with one attached hydrogen (secondary N) is 1. The number of carbonyl (C=O) groups is 2. The van der Waals surface area contributed by atoms with Gasteiger partial charge >= 0.3 is 5.97 Å². The van der Waals surface area contributed by atoms with Crippen LogP contribution in [-0.4, -0.2) is 17.0 Å². The minimum atomic E-state index is -1.77. The van der Waals surface area contributed by atoms with Crippen molar-refractivity contribution in [3.8, 4) is 11.1 Å². The lowest BCUT2D eigenvalue weighted by Crippen LogP contribution is -2.16. The third kappa shape index (κ3) is 3.18. The first kappa shape index (κ1) is 17.7. The van der Waals surface area contributed by atoms with Crippen molar-refractivity contribution in [2.24, 2.45) is 0 Å². The van der Waals surface area contributed by atoms with E-state index in [1.165, 1.54) is 5.38 Å². The molecule has 0 bridgehead atoms. The van der Waals surface area contributed by atoms with Crippen LogP contribution in [0.2, 0.25) is 0 Å². The number of halogens is 3. The highest BCUT2D eigenvalue weighted by Crippen LogP contribution is 2.36. The molecule has 0 saturated carbocycles. The van der Waals surface area contributed by atoms with Gasteiger partial charge in [0.05, 0.1) is 5.56 Å². The third-order valence-corrected chi connectivity index (χ3v) is 4.49. The summed E-state index contributed by atoms with van der Waals surface area (Å²) in [6.45, 7) is 0. The Hall–Kier alpha value is -3.13. The van der Waals surface area contributed by atoms with E-state index in [1.807, 2.05) is 0 Å². The van der Waals surface area contributed by atoms with Crippen LogP contribution in [0, 0.1) is 17.5 Å². The van der Waals surface area contributed by atoms with Gasteiger partial charge < -0.3 is 10.4 Å². The Kier molecular flexibility index (Phi) is 4.77. The average molecular weight is 377 g/mol. The number of carboxylic acids is 1. The lowest BCUT2D eigenvalue weighted by molar-refractivity contribution is 0.0699. The molecule has 0 spiro atoms. The van der Waals surface area contributed by atoms with Crippen molar-refractivity contribution in [1.29, 1.82) is 0 Å². The van der Waals surface area contributed by atoms with E-state index in [1.54, 1.807) is 30.3 Å². The number of hydrogen-bond acceptors (Lipinski definition) is 3. The van der Waals surface area contributed by atoms with Gasteiger partial charge in [-0.2, -0.15) is 0 Å². The molecule has 1 heterocycles. The van der Waals surface area contributed by atoms with E-state index < -0.39 is 34.9 Å². The van der Waals surface area contributed by atoms with Gasteiger partial charge in [-0.1, -0.05) is 30.3 Å². The zero-order valence-electron chi connectivity index (χ0n) is 12.9. The number of thiophene rings is 1. The highest BCUT2D eigenvalue weighted by atomic mass is 32.1. The largest absolute Gasteiger partial charge is 0.478 e. The van der Waals surface area contributed by atoms with Gasteiger partial charge in [-0.3, -0.25) is 4.79 Å². The second-order valence-corrected chi connectivity index (χ2v) is 6.08. The molecule has 0 fully saturated rings. The predicted octanol–water partition coefficient (Wildman–Crippen LogP) is 4.78. The number of benzene rings is 2. The molecule has 132 valence electrons. The fourth-order valence-electron chi connectivity index (χ4n) is 2.36. The van der Waals surface area contributed by atoms with Crippen molar-refractivity contribution < 1.29 is 27.9 Å². The molecule has 0 saturated heterocycles. The van der Waals surface area contributed by atoms with Crippen LogP contribution in [-0.2, 0) is 0 Å². The Morgan fingerprint density at radius 3 is 2.31 bits per heavy atom. The first-order chi connectivity index (χ1) is 12.4. The molecule has 2 aromatic carbocycles. The van der Waals surface area contributed by atoms with Gasteiger partial charge in [-0.05, 0) is 17.7 Å². The molecule has 3 rings (SSSR count). The van der Waals surface area contributed by atoms with Crippen LogP contribution in [0.15, 0.2) is 47.8 Å². The molecule has 1 aromatic heterocycles. The Bertz CT molecular complexity index is 1000. The first-order valence-electron chi connectivity index (χ1n) is 7.25. The summed E-state index contributed by atoms with van der Waals surface area (Å²) in [5.74, 6) is -7.20. The topological polar surface area (TPSA) is 66.4 Å². The van der Waals surface area contributed by atoms with Gasteiger partial charge in [-0.15, -0.1) is 11.3 Å². The van der Waals surface area contributed by atoms with Crippen molar-refractivity contribution >= 4 is 28.2 Å². The molecule has 1 amide bonds. The highest BCUT2D eigenvalue weighted by molar-refractivity contribution is 7.15. The minimum Gasteiger partial charge on any atom is -0.478 e. The second-order valence-electron chi connectivity index (χ2n) is 5.20. The van der Waals surface area contributed by atoms with Gasteiger partial charge in [0.2, 0.25) is 0 Å². The molecule has 0 aliphatic carbocycles. The van der Waals surface area contributed by atoms with Crippen molar-refractivity contribution in [3.05, 3.63) is 76.4 Å². The van der Waals surface area contributed by atoms with Gasteiger partial charge in [0.1, 0.15) is 10.6 Å². The van der Waals surface area contributed by atoms with Gasteiger partial charge in [0, 0.05) is 10.9 Å². The SMILES string of the molecule is O=C(Nc1scc(-c2ccccc2)c1C(=O)O)c1ccc(F)c(F)c1F. The number of hydrogen-bond donors (Lipinski definition) is 2. The highest BCUT2D eigenvalue weighted by Gasteiger charge is 2.24. The monoisotopic (exact) mass is 377 g/mol. The minimum absolute atomic E-state index is 0.0366. The molecule has 0 aliphatic heterocycles. The number of anilines is 1. The average Bonchev–Trinajstić information content (AvgIpc) is 3.04. The van der Waals surface area contributed by atoms with Gasteiger partial charge in [0.25, 0.3) is 5.91 Å². The van der Waals surface area contributed by atoms with E-state index in [2.05, 4.69) is 5.32 Å². The normalized spacial score (nSPS) is 10.6. The zero-order valence-corrected chi connectivity index (χ0v) is 13.7. The summed E-state index contributed by atoms with van der Waals surface area (Å²) in [6, 6.07) is 10.0.